The summed E-state index contributed by atoms with van der Waals surface area (Å²) in [6.07, 6.45) is 1.26. The van der Waals surface area contributed by atoms with Crippen LogP contribution in [0.4, 0.5) is 0 Å². The molecule has 0 radical (unpaired) electrons. The van der Waals surface area contributed by atoms with Crippen molar-refractivity contribution in [1.82, 2.24) is 4.98 Å². The predicted molar refractivity (Wildman–Crippen MR) is 76.0 cm³/mol. The van der Waals surface area contributed by atoms with E-state index in [1.54, 1.807) is 32.9 Å². The predicted octanol–water partition coefficient (Wildman–Crippen LogP) is 1.51. The maximum Gasteiger partial charge on any atom is 0.338 e. The van der Waals surface area contributed by atoms with Gasteiger partial charge < -0.3 is 15.6 Å². The summed E-state index contributed by atoms with van der Waals surface area (Å²) in [6, 6.07) is 3.29. The SMILES string of the molecule is CC(C)(C)OC(=O)C(N)(Cc1ccc(Br)nc1)C(=O)O. The molecule has 0 aliphatic carbocycles. The van der Waals surface area contributed by atoms with Crippen LogP contribution >= 0.6 is 15.9 Å². The number of pyridine rings is 1. The van der Waals surface area contributed by atoms with E-state index in [1.165, 1.54) is 6.20 Å². The first-order chi connectivity index (χ1) is 9.04. The van der Waals surface area contributed by atoms with Gasteiger partial charge in [0.1, 0.15) is 10.2 Å². The molecule has 7 heteroatoms. The number of aromatic nitrogens is 1. The Bertz CT molecular complexity index is 510. The number of carbonyl (C=O) groups is 2. The van der Waals surface area contributed by atoms with Crippen molar-refractivity contribution >= 4 is 27.9 Å². The van der Waals surface area contributed by atoms with E-state index in [0.717, 1.165) is 0 Å². The normalized spacial score (nSPS) is 14.4. The van der Waals surface area contributed by atoms with Gasteiger partial charge in [0.25, 0.3) is 0 Å². The highest BCUT2D eigenvalue weighted by Gasteiger charge is 2.45. The number of carbonyl (C=O) groups excluding carboxylic acids is 1. The maximum absolute atomic E-state index is 12.0. The third kappa shape index (κ3) is 4.28. The van der Waals surface area contributed by atoms with Crippen LogP contribution in [0, 0.1) is 0 Å². The molecule has 0 aromatic carbocycles. The Morgan fingerprint density at radius 3 is 2.40 bits per heavy atom. The number of esters is 1. The second-order valence-electron chi connectivity index (χ2n) is 5.44. The second kappa shape index (κ2) is 5.88. The lowest BCUT2D eigenvalue weighted by molar-refractivity contribution is -0.169. The molecule has 0 aliphatic rings. The van der Waals surface area contributed by atoms with Crippen molar-refractivity contribution in [3.8, 4) is 0 Å². The lowest BCUT2D eigenvalue weighted by Gasteiger charge is -2.28. The third-order valence-electron chi connectivity index (χ3n) is 2.42. The molecule has 6 nitrogen and oxygen atoms in total. The van der Waals surface area contributed by atoms with Gasteiger partial charge in [-0.3, -0.25) is 0 Å². The van der Waals surface area contributed by atoms with Crippen LogP contribution in [-0.4, -0.2) is 33.2 Å². The number of rotatable bonds is 4. The van der Waals surface area contributed by atoms with Gasteiger partial charge in [-0.05, 0) is 48.3 Å². The van der Waals surface area contributed by atoms with Gasteiger partial charge in [-0.1, -0.05) is 6.07 Å². The van der Waals surface area contributed by atoms with Crippen molar-refractivity contribution in [1.29, 1.82) is 0 Å². The Kier molecular flexibility index (Phi) is 4.88. The topological polar surface area (TPSA) is 103 Å². The minimum absolute atomic E-state index is 0.197. The van der Waals surface area contributed by atoms with E-state index in [-0.39, 0.29) is 6.42 Å². The number of hydrogen-bond donors (Lipinski definition) is 2. The molecule has 1 rings (SSSR count). The largest absolute Gasteiger partial charge is 0.479 e. The molecule has 0 amide bonds. The molecule has 1 atom stereocenters. The summed E-state index contributed by atoms with van der Waals surface area (Å²) < 4.78 is 5.69. The van der Waals surface area contributed by atoms with E-state index in [2.05, 4.69) is 20.9 Å². The van der Waals surface area contributed by atoms with Gasteiger partial charge in [-0.15, -0.1) is 0 Å². The van der Waals surface area contributed by atoms with Gasteiger partial charge in [0.15, 0.2) is 0 Å². The number of nitrogens with two attached hydrogens (primary N) is 1. The summed E-state index contributed by atoms with van der Waals surface area (Å²) in [5.74, 6) is -2.41. The number of ether oxygens (including phenoxy) is 1. The van der Waals surface area contributed by atoms with E-state index in [1.807, 2.05) is 0 Å². The van der Waals surface area contributed by atoms with Gasteiger partial charge in [0.2, 0.25) is 5.54 Å². The molecule has 0 aliphatic heterocycles. The maximum atomic E-state index is 12.0. The Morgan fingerprint density at radius 2 is 2.00 bits per heavy atom. The smallest absolute Gasteiger partial charge is 0.338 e. The zero-order valence-corrected chi connectivity index (χ0v) is 13.1. The third-order valence-corrected chi connectivity index (χ3v) is 2.89. The summed E-state index contributed by atoms with van der Waals surface area (Å²) in [5, 5.41) is 9.26. The van der Waals surface area contributed by atoms with E-state index in [4.69, 9.17) is 10.5 Å². The minimum atomic E-state index is -2.14. The van der Waals surface area contributed by atoms with E-state index in [0.29, 0.717) is 10.2 Å². The first-order valence-corrected chi connectivity index (χ1v) is 6.70. The van der Waals surface area contributed by atoms with Crippen LogP contribution in [0.25, 0.3) is 0 Å². The number of carboxylic acid groups (broad SMARTS) is 1. The molecular formula is C13H17BrN2O4. The van der Waals surface area contributed by atoms with Crippen molar-refractivity contribution in [2.24, 2.45) is 5.73 Å². The first kappa shape index (κ1) is 16.6. The summed E-state index contributed by atoms with van der Waals surface area (Å²) in [5.41, 5.74) is 3.33. The number of hydrogen-bond acceptors (Lipinski definition) is 5. The average Bonchev–Trinajstić information content (AvgIpc) is 2.29. The number of carboxylic acids is 1. The van der Waals surface area contributed by atoms with Gasteiger partial charge in [-0.25, -0.2) is 14.6 Å². The Balaban J connectivity index is 3.00. The first-order valence-electron chi connectivity index (χ1n) is 5.91. The van der Waals surface area contributed by atoms with Gasteiger partial charge in [0.05, 0.1) is 0 Å². The van der Waals surface area contributed by atoms with Gasteiger partial charge in [-0.2, -0.15) is 0 Å². The summed E-state index contributed by atoms with van der Waals surface area (Å²) in [6.45, 7) is 4.94. The van der Waals surface area contributed by atoms with Crippen LogP contribution < -0.4 is 5.73 Å². The fraction of sp³-hybridized carbons (Fsp3) is 0.462. The van der Waals surface area contributed by atoms with Crippen molar-refractivity contribution in [2.45, 2.75) is 38.3 Å². The molecule has 0 bridgehead atoms. The molecule has 20 heavy (non-hydrogen) atoms. The highest BCUT2D eigenvalue weighted by atomic mass is 79.9. The van der Waals surface area contributed by atoms with Crippen LogP contribution in [0.15, 0.2) is 22.9 Å². The molecule has 110 valence electrons. The van der Waals surface area contributed by atoms with Crippen LogP contribution in [0.5, 0.6) is 0 Å². The number of nitrogens with zero attached hydrogens (tertiary/aromatic N) is 1. The van der Waals surface area contributed by atoms with E-state index in [9.17, 15) is 14.7 Å². The molecule has 1 aromatic heterocycles. The molecule has 3 N–H and O–H groups in total. The van der Waals surface area contributed by atoms with Crippen molar-refractivity contribution in [3.05, 3.63) is 28.5 Å². The average molecular weight is 345 g/mol. The fourth-order valence-electron chi connectivity index (χ4n) is 1.44. The second-order valence-corrected chi connectivity index (χ2v) is 6.26. The Labute approximate surface area is 125 Å². The highest BCUT2D eigenvalue weighted by molar-refractivity contribution is 9.10. The van der Waals surface area contributed by atoms with Crippen LogP contribution in [0.3, 0.4) is 0 Å². The number of halogens is 1. The Morgan fingerprint density at radius 1 is 1.40 bits per heavy atom. The minimum Gasteiger partial charge on any atom is -0.479 e. The van der Waals surface area contributed by atoms with Gasteiger partial charge in [0, 0.05) is 12.6 Å². The molecule has 0 fully saturated rings. The fourth-order valence-corrected chi connectivity index (χ4v) is 1.67. The van der Waals surface area contributed by atoms with Crippen molar-refractivity contribution in [2.75, 3.05) is 0 Å². The molecule has 1 aromatic rings. The van der Waals surface area contributed by atoms with Crippen molar-refractivity contribution < 1.29 is 19.4 Å². The van der Waals surface area contributed by atoms with E-state index < -0.39 is 23.1 Å². The lowest BCUT2D eigenvalue weighted by Crippen LogP contribution is -2.58. The molecule has 0 saturated carbocycles. The molecule has 0 spiro atoms. The van der Waals surface area contributed by atoms with Crippen LogP contribution in [-0.2, 0) is 20.7 Å². The highest BCUT2D eigenvalue weighted by Crippen LogP contribution is 2.18. The zero-order valence-electron chi connectivity index (χ0n) is 11.5. The zero-order chi connectivity index (χ0) is 15.6. The van der Waals surface area contributed by atoms with Crippen LogP contribution in [0.1, 0.15) is 26.3 Å². The molecule has 1 heterocycles. The lowest BCUT2D eigenvalue weighted by atomic mass is 9.92. The molecule has 1 unspecified atom stereocenters. The standard InChI is InChI=1S/C13H17BrN2O4/c1-12(2,3)20-11(19)13(15,10(17)18)6-8-4-5-9(14)16-7-8/h4-5,7H,6,15H2,1-3H3,(H,17,18). The number of aliphatic carboxylic acids is 1. The monoisotopic (exact) mass is 344 g/mol. The summed E-state index contributed by atoms with van der Waals surface area (Å²) in [4.78, 5) is 27.4. The van der Waals surface area contributed by atoms with Crippen molar-refractivity contribution in [3.63, 3.8) is 0 Å². The quantitative estimate of drug-likeness (QED) is 0.487. The van der Waals surface area contributed by atoms with Crippen LogP contribution in [0.2, 0.25) is 0 Å². The molecule has 0 saturated heterocycles. The summed E-state index contributed by atoms with van der Waals surface area (Å²) >= 11 is 3.17. The molecular weight excluding hydrogens is 328 g/mol. The van der Waals surface area contributed by atoms with Gasteiger partial charge >= 0.3 is 11.9 Å². The summed E-state index contributed by atoms with van der Waals surface area (Å²) in [7, 11) is 0. The Hall–Kier alpha value is -1.47. The van der Waals surface area contributed by atoms with E-state index >= 15 is 0 Å².